The molecule has 1 heterocycles. The van der Waals surface area contributed by atoms with E-state index in [2.05, 4.69) is 15.5 Å². The molecule has 0 aliphatic carbocycles. The van der Waals surface area contributed by atoms with Gasteiger partial charge in [-0.25, -0.2) is 13.9 Å². The topological polar surface area (TPSA) is 80.9 Å². The molecule has 2 aromatic rings. The average Bonchev–Trinajstić information content (AvgIpc) is 2.86. The maximum absolute atomic E-state index is 13.5. The van der Waals surface area contributed by atoms with Crippen LogP contribution in [-0.2, 0) is 10.3 Å². The minimum Gasteiger partial charge on any atom is -0.479 e. The van der Waals surface area contributed by atoms with Gasteiger partial charge in [-0.3, -0.25) is 0 Å². The van der Waals surface area contributed by atoms with E-state index in [9.17, 15) is 14.3 Å². The van der Waals surface area contributed by atoms with E-state index in [-0.39, 0.29) is 5.82 Å². The first kappa shape index (κ1) is 14.1. The van der Waals surface area contributed by atoms with Gasteiger partial charge in [0.2, 0.25) is 0 Å². The van der Waals surface area contributed by atoms with E-state index < -0.39 is 17.3 Å². The van der Waals surface area contributed by atoms with E-state index in [0.717, 1.165) is 0 Å². The van der Waals surface area contributed by atoms with Crippen molar-refractivity contribution in [3.63, 3.8) is 0 Å². The Kier molecular flexibility index (Phi) is 3.52. The van der Waals surface area contributed by atoms with Crippen LogP contribution in [-0.4, -0.2) is 31.3 Å². The van der Waals surface area contributed by atoms with Gasteiger partial charge in [0.1, 0.15) is 5.82 Å². The Morgan fingerprint density at radius 3 is 2.70 bits per heavy atom. The lowest BCUT2D eigenvalue weighted by Crippen LogP contribution is -2.39. The van der Waals surface area contributed by atoms with Gasteiger partial charge in [0, 0.05) is 5.56 Å². The fourth-order valence-corrected chi connectivity index (χ4v) is 1.96. The van der Waals surface area contributed by atoms with Gasteiger partial charge in [0.25, 0.3) is 0 Å². The molecule has 20 heavy (non-hydrogen) atoms. The van der Waals surface area contributed by atoms with Crippen molar-refractivity contribution in [3.05, 3.63) is 29.6 Å². The minimum atomic E-state index is -1.28. The Balaban J connectivity index is 2.61. The molecule has 6 nitrogen and oxygen atoms in total. The second-order valence-corrected chi connectivity index (χ2v) is 4.86. The molecule has 1 unspecified atom stereocenters. The lowest BCUT2D eigenvalue weighted by molar-refractivity contribution is -0.147. The Hall–Kier alpha value is -2.31. The fraction of sp³-hybridized carbons (Fsp3) is 0.385. The molecular formula is C13H15FN4O2. The van der Waals surface area contributed by atoms with Crippen LogP contribution in [0.5, 0.6) is 0 Å². The summed E-state index contributed by atoms with van der Waals surface area (Å²) in [6.07, 6.45) is 0.300. The van der Waals surface area contributed by atoms with E-state index in [1.54, 1.807) is 19.9 Å². The number of aromatic nitrogens is 4. The van der Waals surface area contributed by atoms with Gasteiger partial charge in [0.05, 0.1) is 0 Å². The van der Waals surface area contributed by atoms with Crippen LogP contribution < -0.4 is 0 Å². The number of aliphatic carboxylic acids is 1. The molecule has 0 amide bonds. The number of tetrazole rings is 1. The third-order valence-electron chi connectivity index (χ3n) is 3.39. The predicted molar refractivity (Wildman–Crippen MR) is 69.5 cm³/mol. The van der Waals surface area contributed by atoms with Crippen molar-refractivity contribution in [2.24, 2.45) is 0 Å². The molecule has 2 rings (SSSR count). The highest BCUT2D eigenvalue weighted by atomic mass is 19.1. The van der Waals surface area contributed by atoms with E-state index in [4.69, 9.17) is 0 Å². The van der Waals surface area contributed by atoms with Crippen LogP contribution in [0.1, 0.15) is 25.8 Å². The predicted octanol–water partition coefficient (Wildman–Crippen LogP) is 2.00. The smallest absolute Gasteiger partial charge is 0.331 e. The van der Waals surface area contributed by atoms with Crippen molar-refractivity contribution in [2.45, 2.75) is 32.7 Å². The van der Waals surface area contributed by atoms with E-state index in [1.807, 2.05) is 0 Å². The molecule has 7 heteroatoms. The van der Waals surface area contributed by atoms with Gasteiger partial charge in [-0.1, -0.05) is 6.92 Å². The number of nitrogens with zero attached hydrogens (tertiary/aromatic N) is 4. The van der Waals surface area contributed by atoms with Crippen LogP contribution in [0, 0.1) is 12.7 Å². The Morgan fingerprint density at radius 1 is 1.45 bits per heavy atom. The van der Waals surface area contributed by atoms with Crippen molar-refractivity contribution in [1.29, 1.82) is 0 Å². The maximum atomic E-state index is 13.5. The molecule has 0 saturated heterocycles. The molecule has 1 atom stereocenters. The molecule has 0 radical (unpaired) electrons. The molecule has 0 bridgehead atoms. The van der Waals surface area contributed by atoms with Crippen LogP contribution in [0.15, 0.2) is 18.2 Å². The van der Waals surface area contributed by atoms with Crippen molar-refractivity contribution < 1.29 is 14.3 Å². The summed E-state index contributed by atoms with van der Waals surface area (Å²) in [5.41, 5.74) is -0.115. The molecule has 0 fully saturated rings. The monoisotopic (exact) mass is 278 g/mol. The Labute approximate surface area is 115 Å². The number of carbonyl (C=O) groups is 1. The van der Waals surface area contributed by atoms with Gasteiger partial charge >= 0.3 is 5.97 Å². The van der Waals surface area contributed by atoms with Crippen molar-refractivity contribution in [1.82, 2.24) is 20.2 Å². The summed E-state index contributed by atoms with van der Waals surface area (Å²) in [5.74, 6) is -1.22. The highest BCUT2D eigenvalue weighted by Crippen LogP contribution is 2.27. The molecular weight excluding hydrogens is 263 g/mol. The van der Waals surface area contributed by atoms with Gasteiger partial charge in [-0.05, 0) is 54.5 Å². The zero-order chi connectivity index (χ0) is 14.9. The van der Waals surface area contributed by atoms with Crippen LogP contribution >= 0.6 is 0 Å². The van der Waals surface area contributed by atoms with Crippen molar-refractivity contribution in [3.8, 4) is 11.4 Å². The van der Waals surface area contributed by atoms with E-state index >= 15 is 0 Å². The third kappa shape index (κ3) is 2.26. The number of aryl methyl sites for hydroxylation is 1. The molecule has 0 aliphatic rings. The number of hydrogen-bond acceptors (Lipinski definition) is 4. The van der Waals surface area contributed by atoms with Crippen LogP contribution in [0.3, 0.4) is 0 Å². The van der Waals surface area contributed by atoms with Crippen LogP contribution in [0.2, 0.25) is 0 Å². The summed E-state index contributed by atoms with van der Waals surface area (Å²) in [7, 11) is 0. The molecule has 1 aromatic heterocycles. The first-order chi connectivity index (χ1) is 9.38. The average molecular weight is 278 g/mol. The SMILES string of the molecule is CCC(C)(C(=O)O)n1nnnc1-c1cc(C)cc(F)c1. The summed E-state index contributed by atoms with van der Waals surface area (Å²) in [5, 5.41) is 20.5. The molecule has 1 N–H and O–H groups in total. The zero-order valence-corrected chi connectivity index (χ0v) is 11.5. The molecule has 0 saturated carbocycles. The normalized spacial score (nSPS) is 14.0. The number of benzene rings is 1. The van der Waals surface area contributed by atoms with Crippen molar-refractivity contribution >= 4 is 5.97 Å². The molecule has 0 aliphatic heterocycles. The second-order valence-electron chi connectivity index (χ2n) is 4.86. The summed E-state index contributed by atoms with van der Waals surface area (Å²) in [4.78, 5) is 11.5. The van der Waals surface area contributed by atoms with E-state index in [1.165, 1.54) is 23.7 Å². The second kappa shape index (κ2) is 4.99. The standard InChI is InChI=1S/C13H15FN4O2/c1-4-13(3,12(19)20)18-11(15-16-17-18)9-5-8(2)6-10(14)7-9/h5-7H,4H2,1-3H3,(H,19,20). The molecule has 0 spiro atoms. The summed E-state index contributed by atoms with van der Waals surface area (Å²) in [6, 6.07) is 4.38. The van der Waals surface area contributed by atoms with Gasteiger partial charge < -0.3 is 5.11 Å². The fourth-order valence-electron chi connectivity index (χ4n) is 1.96. The number of carboxylic acids is 1. The van der Waals surface area contributed by atoms with Crippen LogP contribution in [0.25, 0.3) is 11.4 Å². The molecule has 106 valence electrons. The Morgan fingerprint density at radius 2 is 2.15 bits per heavy atom. The summed E-state index contributed by atoms with van der Waals surface area (Å²) < 4.78 is 14.7. The van der Waals surface area contributed by atoms with Gasteiger partial charge in [-0.15, -0.1) is 5.10 Å². The summed E-state index contributed by atoms with van der Waals surface area (Å²) >= 11 is 0. The van der Waals surface area contributed by atoms with Gasteiger partial charge in [-0.2, -0.15) is 0 Å². The molecule has 1 aromatic carbocycles. The number of halogens is 1. The minimum absolute atomic E-state index is 0.236. The highest BCUT2D eigenvalue weighted by molar-refractivity contribution is 5.77. The van der Waals surface area contributed by atoms with E-state index in [0.29, 0.717) is 17.5 Å². The lowest BCUT2D eigenvalue weighted by Gasteiger charge is -2.24. The summed E-state index contributed by atoms with van der Waals surface area (Å²) in [6.45, 7) is 5.01. The third-order valence-corrected chi connectivity index (χ3v) is 3.39. The number of carboxylic acid groups (broad SMARTS) is 1. The van der Waals surface area contributed by atoms with Gasteiger partial charge in [0.15, 0.2) is 11.4 Å². The van der Waals surface area contributed by atoms with Crippen molar-refractivity contribution in [2.75, 3.05) is 0 Å². The highest BCUT2D eigenvalue weighted by Gasteiger charge is 2.37. The largest absolute Gasteiger partial charge is 0.479 e. The first-order valence-corrected chi connectivity index (χ1v) is 6.18. The first-order valence-electron chi connectivity index (χ1n) is 6.18. The lowest BCUT2D eigenvalue weighted by atomic mass is 9.99. The number of hydrogen-bond donors (Lipinski definition) is 1. The Bertz CT molecular complexity index is 635. The maximum Gasteiger partial charge on any atom is 0.331 e. The van der Waals surface area contributed by atoms with Crippen LogP contribution in [0.4, 0.5) is 4.39 Å². The number of rotatable bonds is 4. The quantitative estimate of drug-likeness (QED) is 0.925. The zero-order valence-electron chi connectivity index (χ0n) is 11.5.